The van der Waals surface area contributed by atoms with Gasteiger partial charge in [-0.05, 0) is 18.6 Å². The highest BCUT2D eigenvalue weighted by Crippen LogP contribution is 2.22. The fraction of sp³-hybridized carbons (Fsp3) is 0.250. The highest BCUT2D eigenvalue weighted by molar-refractivity contribution is 9.10. The third-order valence-corrected chi connectivity index (χ3v) is 3.20. The van der Waals surface area contributed by atoms with Gasteiger partial charge in [-0.3, -0.25) is 0 Å². The molecular formula is C12H13BrN2O. The SMILES string of the molecule is CNc1nc(Cc2ccccc2Br)c(C)o1. The van der Waals surface area contributed by atoms with E-state index in [1.54, 1.807) is 7.05 Å². The van der Waals surface area contributed by atoms with E-state index in [4.69, 9.17) is 4.42 Å². The number of aromatic nitrogens is 1. The van der Waals surface area contributed by atoms with Gasteiger partial charge in [-0.25, -0.2) is 0 Å². The molecular weight excluding hydrogens is 268 g/mol. The molecule has 16 heavy (non-hydrogen) atoms. The maximum absolute atomic E-state index is 5.44. The molecule has 0 aliphatic rings. The second kappa shape index (κ2) is 4.70. The van der Waals surface area contributed by atoms with Crippen LogP contribution in [0, 0.1) is 6.92 Å². The van der Waals surface area contributed by atoms with E-state index in [2.05, 4.69) is 32.3 Å². The first-order chi connectivity index (χ1) is 7.70. The number of anilines is 1. The van der Waals surface area contributed by atoms with Gasteiger partial charge in [-0.2, -0.15) is 4.98 Å². The highest BCUT2D eigenvalue weighted by atomic mass is 79.9. The lowest BCUT2D eigenvalue weighted by atomic mass is 10.1. The van der Waals surface area contributed by atoms with Crippen LogP contribution in [-0.4, -0.2) is 12.0 Å². The van der Waals surface area contributed by atoms with Crippen LogP contribution in [0.2, 0.25) is 0 Å². The van der Waals surface area contributed by atoms with Crippen molar-refractivity contribution in [3.63, 3.8) is 0 Å². The van der Waals surface area contributed by atoms with E-state index < -0.39 is 0 Å². The lowest BCUT2D eigenvalue weighted by molar-refractivity contribution is 0.541. The van der Waals surface area contributed by atoms with Crippen molar-refractivity contribution in [2.75, 3.05) is 12.4 Å². The van der Waals surface area contributed by atoms with Crippen LogP contribution < -0.4 is 5.32 Å². The van der Waals surface area contributed by atoms with Crippen molar-refractivity contribution in [1.29, 1.82) is 0 Å². The molecule has 0 radical (unpaired) electrons. The number of benzene rings is 1. The fourth-order valence-corrected chi connectivity index (χ4v) is 1.95. The minimum atomic E-state index is 0.569. The van der Waals surface area contributed by atoms with E-state index in [0.29, 0.717) is 6.01 Å². The summed E-state index contributed by atoms with van der Waals surface area (Å²) in [4.78, 5) is 4.37. The number of oxazole rings is 1. The monoisotopic (exact) mass is 280 g/mol. The van der Waals surface area contributed by atoms with Crippen molar-refractivity contribution in [3.05, 3.63) is 45.8 Å². The Morgan fingerprint density at radius 1 is 1.38 bits per heavy atom. The van der Waals surface area contributed by atoms with E-state index in [-0.39, 0.29) is 0 Å². The van der Waals surface area contributed by atoms with Crippen molar-refractivity contribution >= 4 is 21.9 Å². The number of halogens is 1. The van der Waals surface area contributed by atoms with Gasteiger partial charge in [-0.15, -0.1) is 0 Å². The molecule has 0 saturated heterocycles. The zero-order valence-corrected chi connectivity index (χ0v) is 10.8. The van der Waals surface area contributed by atoms with Crippen LogP contribution in [0.3, 0.4) is 0 Å². The Bertz CT molecular complexity index is 494. The van der Waals surface area contributed by atoms with Gasteiger partial charge in [0.25, 0.3) is 6.01 Å². The Kier molecular flexibility index (Phi) is 3.29. The number of rotatable bonds is 3. The summed E-state index contributed by atoms with van der Waals surface area (Å²) >= 11 is 3.53. The summed E-state index contributed by atoms with van der Waals surface area (Å²) in [7, 11) is 1.80. The molecule has 0 amide bonds. The summed E-state index contributed by atoms with van der Waals surface area (Å²) in [5.74, 6) is 0.861. The maximum atomic E-state index is 5.44. The van der Waals surface area contributed by atoms with Crippen molar-refractivity contribution in [2.45, 2.75) is 13.3 Å². The largest absolute Gasteiger partial charge is 0.429 e. The maximum Gasteiger partial charge on any atom is 0.294 e. The summed E-state index contributed by atoms with van der Waals surface area (Å²) in [5, 5.41) is 2.90. The molecule has 0 aliphatic heterocycles. The minimum Gasteiger partial charge on any atom is -0.429 e. The Morgan fingerprint density at radius 2 is 2.12 bits per heavy atom. The molecule has 1 aromatic heterocycles. The standard InChI is InChI=1S/C12H13BrN2O/c1-8-11(15-12(14-2)16-8)7-9-5-3-4-6-10(9)13/h3-6H,7H2,1-2H3,(H,14,15). The van der Waals surface area contributed by atoms with E-state index in [1.807, 2.05) is 25.1 Å². The predicted molar refractivity (Wildman–Crippen MR) is 67.7 cm³/mol. The third kappa shape index (κ3) is 2.27. The van der Waals surface area contributed by atoms with Crippen molar-refractivity contribution in [3.8, 4) is 0 Å². The molecule has 3 nitrogen and oxygen atoms in total. The normalized spacial score (nSPS) is 10.4. The molecule has 2 aromatic rings. The summed E-state index contributed by atoms with van der Waals surface area (Å²) in [6.07, 6.45) is 0.776. The summed E-state index contributed by atoms with van der Waals surface area (Å²) < 4.78 is 6.54. The molecule has 0 bridgehead atoms. The van der Waals surface area contributed by atoms with Gasteiger partial charge in [0.05, 0.1) is 5.69 Å². The summed E-state index contributed by atoms with van der Waals surface area (Å²) in [6.45, 7) is 1.93. The number of hydrogen-bond acceptors (Lipinski definition) is 3. The Morgan fingerprint density at radius 3 is 2.75 bits per heavy atom. The second-order valence-corrected chi connectivity index (χ2v) is 4.39. The van der Waals surface area contributed by atoms with Gasteiger partial charge in [0, 0.05) is 17.9 Å². The average molecular weight is 281 g/mol. The lowest BCUT2D eigenvalue weighted by Crippen LogP contribution is -1.93. The topological polar surface area (TPSA) is 38.1 Å². The van der Waals surface area contributed by atoms with E-state index in [9.17, 15) is 0 Å². The number of hydrogen-bond donors (Lipinski definition) is 1. The number of aryl methyl sites for hydroxylation is 1. The first-order valence-electron chi connectivity index (χ1n) is 5.08. The quantitative estimate of drug-likeness (QED) is 0.937. The second-order valence-electron chi connectivity index (χ2n) is 3.54. The zero-order valence-electron chi connectivity index (χ0n) is 9.25. The predicted octanol–water partition coefficient (Wildman–Crippen LogP) is 3.38. The molecule has 1 heterocycles. The molecule has 0 atom stereocenters. The Labute approximate surface area is 103 Å². The van der Waals surface area contributed by atoms with Gasteiger partial charge < -0.3 is 9.73 Å². The zero-order chi connectivity index (χ0) is 11.5. The Hall–Kier alpha value is -1.29. The number of nitrogens with zero attached hydrogens (tertiary/aromatic N) is 1. The molecule has 4 heteroatoms. The van der Waals surface area contributed by atoms with Crippen LogP contribution in [0.1, 0.15) is 17.0 Å². The molecule has 0 aliphatic carbocycles. The highest BCUT2D eigenvalue weighted by Gasteiger charge is 2.10. The van der Waals surface area contributed by atoms with Gasteiger partial charge in [0.15, 0.2) is 0 Å². The fourth-order valence-electron chi connectivity index (χ4n) is 1.52. The van der Waals surface area contributed by atoms with E-state index in [1.165, 1.54) is 5.56 Å². The van der Waals surface area contributed by atoms with Crippen molar-refractivity contribution < 1.29 is 4.42 Å². The van der Waals surface area contributed by atoms with Gasteiger partial charge in [0.2, 0.25) is 0 Å². The van der Waals surface area contributed by atoms with Gasteiger partial charge in [-0.1, -0.05) is 34.1 Å². The summed E-state index contributed by atoms with van der Waals surface area (Å²) in [6, 6.07) is 8.71. The molecule has 1 aromatic carbocycles. The van der Waals surface area contributed by atoms with Crippen LogP contribution >= 0.6 is 15.9 Å². The van der Waals surface area contributed by atoms with E-state index >= 15 is 0 Å². The molecule has 0 unspecified atom stereocenters. The first-order valence-corrected chi connectivity index (χ1v) is 5.87. The van der Waals surface area contributed by atoms with Crippen LogP contribution in [-0.2, 0) is 6.42 Å². The van der Waals surface area contributed by atoms with Crippen LogP contribution in [0.4, 0.5) is 6.01 Å². The summed E-state index contributed by atoms with van der Waals surface area (Å²) in [5.41, 5.74) is 2.18. The molecule has 1 N–H and O–H groups in total. The van der Waals surface area contributed by atoms with Crippen LogP contribution in [0.15, 0.2) is 33.2 Å². The molecule has 84 valence electrons. The molecule has 2 rings (SSSR count). The van der Waals surface area contributed by atoms with Gasteiger partial charge >= 0.3 is 0 Å². The number of nitrogens with one attached hydrogen (secondary N) is 1. The molecule has 0 fully saturated rings. The van der Waals surface area contributed by atoms with Crippen LogP contribution in [0.5, 0.6) is 0 Å². The molecule has 0 saturated carbocycles. The Balaban J connectivity index is 2.27. The van der Waals surface area contributed by atoms with Gasteiger partial charge in [0.1, 0.15) is 5.76 Å². The first kappa shape index (κ1) is 11.2. The van der Waals surface area contributed by atoms with Crippen molar-refractivity contribution in [2.24, 2.45) is 0 Å². The van der Waals surface area contributed by atoms with Crippen molar-refractivity contribution in [1.82, 2.24) is 4.98 Å². The average Bonchev–Trinajstić information content (AvgIpc) is 2.63. The molecule has 0 spiro atoms. The third-order valence-electron chi connectivity index (χ3n) is 2.42. The van der Waals surface area contributed by atoms with Crippen LogP contribution in [0.25, 0.3) is 0 Å². The van der Waals surface area contributed by atoms with E-state index in [0.717, 1.165) is 22.3 Å². The smallest absolute Gasteiger partial charge is 0.294 e. The minimum absolute atomic E-state index is 0.569. The lowest BCUT2D eigenvalue weighted by Gasteiger charge is -2.01.